The highest BCUT2D eigenvalue weighted by atomic mass is 16.1. The number of nitrogens with one attached hydrogen (secondary N) is 2. The maximum Gasteiger partial charge on any atom is 0.158 e. The van der Waals surface area contributed by atoms with Crippen LogP contribution in [0.3, 0.4) is 0 Å². The Morgan fingerprint density at radius 1 is 1.20 bits per heavy atom. The Kier molecular flexibility index (Phi) is 5.48. The molecule has 1 aliphatic carbocycles. The van der Waals surface area contributed by atoms with Crippen molar-refractivity contribution in [1.82, 2.24) is 0 Å². The van der Waals surface area contributed by atoms with Crippen molar-refractivity contribution >= 4 is 11.5 Å². The van der Waals surface area contributed by atoms with Gasteiger partial charge < -0.3 is 4.90 Å². The van der Waals surface area contributed by atoms with Gasteiger partial charge in [-0.2, -0.15) is 0 Å². The van der Waals surface area contributed by atoms with Crippen LogP contribution in [0.1, 0.15) is 37.2 Å². The van der Waals surface area contributed by atoms with Gasteiger partial charge in [-0.1, -0.05) is 30.3 Å². The van der Waals surface area contributed by atoms with Gasteiger partial charge in [-0.25, -0.2) is 4.99 Å². The third kappa shape index (κ3) is 4.57. The third-order valence-corrected chi connectivity index (χ3v) is 3.88. The van der Waals surface area contributed by atoms with Gasteiger partial charge in [0.15, 0.2) is 5.71 Å². The molecule has 2 rings (SSSR count). The third-order valence-electron chi connectivity index (χ3n) is 3.88. The predicted octanol–water partition coefficient (Wildman–Crippen LogP) is -0.421. The first-order valence-electron chi connectivity index (χ1n) is 7.59. The summed E-state index contributed by atoms with van der Waals surface area (Å²) in [7, 11) is 4.34. The first kappa shape index (κ1) is 14.9. The number of rotatable bonds is 5. The lowest BCUT2D eigenvalue weighted by molar-refractivity contribution is -0.859. The normalized spacial score (nSPS) is 21.6. The average molecular weight is 274 g/mol. The van der Waals surface area contributed by atoms with E-state index in [1.54, 1.807) is 0 Å². The second kappa shape index (κ2) is 7.34. The van der Waals surface area contributed by atoms with E-state index in [-0.39, 0.29) is 0 Å². The first-order valence-corrected chi connectivity index (χ1v) is 7.59. The molecule has 1 atom stereocenters. The van der Waals surface area contributed by atoms with Gasteiger partial charge in [-0.05, 0) is 5.56 Å². The number of ketones is 1. The molecule has 1 saturated carbocycles. The topological polar surface area (TPSA) is 35.5 Å². The summed E-state index contributed by atoms with van der Waals surface area (Å²) in [5.41, 5.74) is 2.52. The summed E-state index contributed by atoms with van der Waals surface area (Å²) in [4.78, 5) is 16.9. The van der Waals surface area contributed by atoms with Crippen LogP contribution in [0.4, 0.5) is 0 Å². The number of benzene rings is 1. The largest absolute Gasteiger partial charge is 0.340 e. The monoisotopic (exact) mass is 274 g/mol. The van der Waals surface area contributed by atoms with Crippen molar-refractivity contribution in [3.05, 3.63) is 35.9 Å². The summed E-state index contributed by atoms with van der Waals surface area (Å²) in [6.45, 7) is 2.14. The molecule has 0 radical (unpaired) electrons. The second-order valence-corrected chi connectivity index (χ2v) is 6.07. The Bertz CT molecular complexity index is 465. The molecule has 3 heteroatoms. The Labute approximate surface area is 121 Å². The number of carbonyl (C=O) groups is 1. The molecule has 108 valence electrons. The van der Waals surface area contributed by atoms with E-state index in [1.165, 1.54) is 16.2 Å². The molecular formula is C17H26N2O+2. The fraction of sp³-hybridized carbons (Fsp3) is 0.529. The highest BCUT2D eigenvalue weighted by Crippen LogP contribution is 2.28. The number of hydrogen-bond acceptors (Lipinski definition) is 1. The van der Waals surface area contributed by atoms with Crippen LogP contribution in [0.5, 0.6) is 0 Å². The molecule has 0 bridgehead atoms. The van der Waals surface area contributed by atoms with Gasteiger partial charge in [0, 0.05) is 18.8 Å². The zero-order valence-corrected chi connectivity index (χ0v) is 12.6. The number of carbonyl (C=O) groups excluding carboxylic acids is 1. The van der Waals surface area contributed by atoms with Crippen molar-refractivity contribution in [2.45, 2.75) is 31.6 Å². The summed E-state index contributed by atoms with van der Waals surface area (Å²) in [5, 5.41) is 0. The van der Waals surface area contributed by atoms with Crippen LogP contribution < -0.4 is 9.89 Å². The molecule has 0 saturated heterocycles. The molecule has 1 aromatic rings. The van der Waals surface area contributed by atoms with Gasteiger partial charge in [0.1, 0.15) is 12.3 Å². The molecule has 3 nitrogen and oxygen atoms in total. The Balaban J connectivity index is 1.94. The minimum atomic E-state index is 0.361. The molecule has 0 unspecified atom stereocenters. The van der Waals surface area contributed by atoms with Gasteiger partial charge >= 0.3 is 0 Å². The molecule has 0 amide bonds. The quantitative estimate of drug-likeness (QED) is 0.703. The molecule has 1 aliphatic rings. The molecule has 0 aliphatic heterocycles. The van der Waals surface area contributed by atoms with Crippen molar-refractivity contribution in [3.8, 4) is 0 Å². The van der Waals surface area contributed by atoms with Crippen LogP contribution in [0, 0.1) is 0 Å². The van der Waals surface area contributed by atoms with Crippen molar-refractivity contribution in [3.63, 3.8) is 0 Å². The fourth-order valence-corrected chi connectivity index (χ4v) is 2.83. The van der Waals surface area contributed by atoms with Crippen LogP contribution >= 0.6 is 0 Å². The van der Waals surface area contributed by atoms with E-state index in [4.69, 9.17) is 0 Å². The van der Waals surface area contributed by atoms with Crippen molar-refractivity contribution in [1.29, 1.82) is 0 Å². The lowest BCUT2D eigenvalue weighted by atomic mass is 9.82. The molecule has 2 N–H and O–H groups in total. The highest BCUT2D eigenvalue weighted by Gasteiger charge is 2.28. The van der Waals surface area contributed by atoms with Crippen LogP contribution in [0.15, 0.2) is 30.3 Å². The summed E-state index contributed by atoms with van der Waals surface area (Å²) in [6.07, 6.45) is 3.47. The molecule has 20 heavy (non-hydrogen) atoms. The van der Waals surface area contributed by atoms with Crippen LogP contribution in [0.25, 0.3) is 0 Å². The lowest BCUT2D eigenvalue weighted by Crippen LogP contribution is -3.06. The Hall–Kier alpha value is -1.48. The number of Topliss-reactive ketones (excluding diaryl/α,β-unsaturated/α-hetero) is 1. The van der Waals surface area contributed by atoms with Gasteiger partial charge in [-0.3, -0.25) is 4.79 Å². The maximum atomic E-state index is 11.9. The minimum Gasteiger partial charge on any atom is -0.340 e. The van der Waals surface area contributed by atoms with Crippen LogP contribution in [-0.2, 0) is 4.79 Å². The molecule has 0 spiro atoms. The van der Waals surface area contributed by atoms with E-state index in [2.05, 4.69) is 43.4 Å². The molecular weight excluding hydrogens is 248 g/mol. The van der Waals surface area contributed by atoms with Crippen molar-refractivity contribution in [2.24, 2.45) is 0 Å². The summed E-state index contributed by atoms with van der Waals surface area (Å²) in [6, 6.07) is 10.4. The molecule has 1 fully saturated rings. The molecule has 0 heterocycles. The maximum absolute atomic E-state index is 11.9. The first-order chi connectivity index (χ1) is 9.65. The number of quaternary nitrogens is 1. The summed E-state index contributed by atoms with van der Waals surface area (Å²) < 4.78 is 0. The lowest BCUT2D eigenvalue weighted by Gasteiger charge is -2.20. The van der Waals surface area contributed by atoms with E-state index < -0.39 is 0 Å². The summed E-state index contributed by atoms with van der Waals surface area (Å²) >= 11 is 0. The number of hydrogen-bond donors (Lipinski definition) is 2. The minimum absolute atomic E-state index is 0.361. The fourth-order valence-electron chi connectivity index (χ4n) is 2.83. The van der Waals surface area contributed by atoms with E-state index in [0.717, 1.165) is 25.9 Å². The Morgan fingerprint density at radius 2 is 1.95 bits per heavy atom. The van der Waals surface area contributed by atoms with Gasteiger partial charge in [0.05, 0.1) is 33.5 Å². The van der Waals surface area contributed by atoms with E-state index in [0.29, 0.717) is 24.5 Å². The second-order valence-electron chi connectivity index (χ2n) is 6.07. The highest BCUT2D eigenvalue weighted by molar-refractivity contribution is 6.02. The van der Waals surface area contributed by atoms with E-state index in [1.807, 2.05) is 6.07 Å². The predicted molar refractivity (Wildman–Crippen MR) is 81.2 cm³/mol. The zero-order valence-electron chi connectivity index (χ0n) is 12.6. The van der Waals surface area contributed by atoms with E-state index >= 15 is 0 Å². The van der Waals surface area contributed by atoms with Gasteiger partial charge in [0.25, 0.3) is 0 Å². The van der Waals surface area contributed by atoms with E-state index in [9.17, 15) is 4.79 Å². The van der Waals surface area contributed by atoms with Gasteiger partial charge in [-0.15, -0.1) is 0 Å². The van der Waals surface area contributed by atoms with Crippen molar-refractivity contribution in [2.75, 3.05) is 27.2 Å². The zero-order chi connectivity index (χ0) is 14.4. The standard InChI is InChI=1S/C17H24N2O/c1-19(2)10-6-9-18-16-11-15(12-17(20)13-16)14-7-4-3-5-8-14/h3-5,7-8,15H,6,9-13H2,1-2H3/p+2/t15-/m0/s1. The average Bonchev–Trinajstić information content (AvgIpc) is 2.44. The van der Waals surface area contributed by atoms with Crippen LogP contribution in [-0.4, -0.2) is 38.7 Å². The van der Waals surface area contributed by atoms with Crippen molar-refractivity contribution < 1.29 is 14.7 Å². The smallest absolute Gasteiger partial charge is 0.158 e. The molecule has 0 aromatic heterocycles. The SMILES string of the molecule is C[NH+](C)CCC[NH+]=C1CC(=O)C[C@@H](c2ccccc2)C1. The molecule has 1 aromatic carbocycles. The Morgan fingerprint density at radius 3 is 2.65 bits per heavy atom. The van der Waals surface area contributed by atoms with Crippen LogP contribution in [0.2, 0.25) is 0 Å². The summed E-state index contributed by atoms with van der Waals surface area (Å²) in [5.74, 6) is 0.727. The van der Waals surface area contributed by atoms with Gasteiger partial charge in [0.2, 0.25) is 0 Å².